The topological polar surface area (TPSA) is 136 Å². The summed E-state index contributed by atoms with van der Waals surface area (Å²) < 4.78 is 34.7. The van der Waals surface area contributed by atoms with Crippen LogP contribution >= 0.6 is 0 Å². The van der Waals surface area contributed by atoms with E-state index in [1.54, 1.807) is 35.0 Å². The molecule has 4 heterocycles. The molecular weight excluding hydrogens is 668 g/mol. The molecule has 1 saturated carbocycles. The lowest BCUT2D eigenvalue weighted by Gasteiger charge is -2.33. The maximum Gasteiger partial charge on any atom is 0.337 e. The Hall–Kier alpha value is -5.53. The molecule has 11 nitrogen and oxygen atoms in total. The van der Waals surface area contributed by atoms with Gasteiger partial charge in [0.2, 0.25) is 0 Å². The number of halogens is 2. The Bertz CT molecular complexity index is 2310. The van der Waals surface area contributed by atoms with Crippen molar-refractivity contribution in [2.24, 2.45) is 0 Å². The van der Waals surface area contributed by atoms with Gasteiger partial charge in [0.1, 0.15) is 23.3 Å². The maximum atomic E-state index is 15.9. The molecule has 2 aromatic carbocycles. The molecule has 0 spiro atoms. The van der Waals surface area contributed by atoms with Gasteiger partial charge >= 0.3 is 5.69 Å². The van der Waals surface area contributed by atoms with Gasteiger partial charge < -0.3 is 20.1 Å². The van der Waals surface area contributed by atoms with Gasteiger partial charge in [-0.15, -0.1) is 0 Å². The summed E-state index contributed by atoms with van der Waals surface area (Å²) in [6, 6.07) is 20.0. The zero-order valence-electron chi connectivity index (χ0n) is 28.4. The molecule has 7 rings (SSSR count). The highest BCUT2D eigenvalue weighted by atomic mass is 19.1. The van der Waals surface area contributed by atoms with Crippen LogP contribution < -0.4 is 21.9 Å². The second kappa shape index (κ2) is 15.4. The third-order valence-corrected chi connectivity index (χ3v) is 9.68. The number of amides is 1. The van der Waals surface area contributed by atoms with E-state index in [-0.39, 0.29) is 42.6 Å². The molecular formula is C39H39F2N7O4. The largest absolute Gasteiger partial charge is 0.396 e. The number of nitrogens with zero attached hydrogens (tertiary/aromatic N) is 5. The normalized spacial score (nSPS) is 17.5. The first-order chi connectivity index (χ1) is 25.3. The van der Waals surface area contributed by atoms with Crippen molar-refractivity contribution in [2.45, 2.75) is 56.8 Å². The van der Waals surface area contributed by atoms with Crippen LogP contribution in [-0.4, -0.2) is 66.4 Å². The van der Waals surface area contributed by atoms with E-state index in [0.717, 1.165) is 33.5 Å². The summed E-state index contributed by atoms with van der Waals surface area (Å²) in [5.41, 5.74) is 2.43. The standard InChI is InChI=1S/C39H39F2N7O4/c40-26-21-30-36(43-23-26)48(34-13-6-11-28(25-9-2-1-3-10-25)29(34)12-7-17-42-18-8-20-49)39(52)47(38(30)51)27-15-16-32(31(41)22-27)45-37(50)33-24-46-19-5-4-14-35(46)44-33/h1-6,9-11,13-14,19,21,23-24,27,31-32,42,49H,7-8,12,15-18,20,22H2,(H,45,50). The number of nitrogens with one attached hydrogen (secondary N) is 2. The average molecular weight is 708 g/mol. The molecule has 1 aliphatic rings. The van der Waals surface area contributed by atoms with E-state index in [0.29, 0.717) is 43.7 Å². The Morgan fingerprint density at radius 2 is 1.79 bits per heavy atom. The second-order valence-corrected chi connectivity index (χ2v) is 13.1. The van der Waals surface area contributed by atoms with Gasteiger partial charge in [-0.2, -0.15) is 0 Å². The van der Waals surface area contributed by atoms with Crippen LogP contribution in [0.25, 0.3) is 33.5 Å². The zero-order chi connectivity index (χ0) is 36.2. The predicted molar refractivity (Wildman–Crippen MR) is 194 cm³/mol. The number of imidazole rings is 1. The Kier molecular flexibility index (Phi) is 10.3. The molecule has 6 aromatic rings. The van der Waals surface area contributed by atoms with Crippen LogP contribution in [0.3, 0.4) is 0 Å². The molecule has 3 unspecified atom stereocenters. The number of benzene rings is 2. The summed E-state index contributed by atoms with van der Waals surface area (Å²) in [5, 5.41) is 15.1. The lowest BCUT2D eigenvalue weighted by atomic mass is 9.89. The van der Waals surface area contributed by atoms with E-state index in [2.05, 4.69) is 20.6 Å². The number of rotatable bonds is 12. The lowest BCUT2D eigenvalue weighted by Crippen LogP contribution is -2.49. The van der Waals surface area contributed by atoms with Crippen molar-refractivity contribution in [3.05, 3.63) is 129 Å². The van der Waals surface area contributed by atoms with Crippen LogP contribution in [0.1, 0.15) is 54.2 Å². The fourth-order valence-corrected chi connectivity index (χ4v) is 7.15. The number of hydrogen-bond donors (Lipinski definition) is 3. The molecule has 13 heteroatoms. The average Bonchev–Trinajstić information content (AvgIpc) is 3.60. The van der Waals surface area contributed by atoms with E-state index < -0.39 is 41.2 Å². The molecule has 4 aromatic heterocycles. The number of aliphatic hydroxyl groups excluding tert-OH is 1. The van der Waals surface area contributed by atoms with Gasteiger partial charge in [0.15, 0.2) is 5.65 Å². The number of carbonyl (C=O) groups is 1. The summed E-state index contributed by atoms with van der Waals surface area (Å²) in [5.74, 6) is -1.26. The summed E-state index contributed by atoms with van der Waals surface area (Å²) in [6.07, 6.45) is 4.78. The van der Waals surface area contributed by atoms with Gasteiger partial charge in [-0.3, -0.25) is 14.2 Å². The molecule has 0 bridgehead atoms. The molecule has 268 valence electrons. The van der Waals surface area contributed by atoms with E-state index in [4.69, 9.17) is 5.11 Å². The van der Waals surface area contributed by atoms with Gasteiger partial charge in [-0.05, 0) is 86.1 Å². The highest BCUT2D eigenvalue weighted by molar-refractivity contribution is 5.93. The Morgan fingerprint density at radius 1 is 0.981 bits per heavy atom. The monoisotopic (exact) mass is 707 g/mol. The zero-order valence-corrected chi connectivity index (χ0v) is 28.4. The number of carbonyl (C=O) groups excluding carboxylic acids is 1. The van der Waals surface area contributed by atoms with Crippen molar-refractivity contribution in [1.82, 2.24) is 34.1 Å². The maximum absolute atomic E-state index is 15.9. The number of pyridine rings is 2. The predicted octanol–water partition coefficient (Wildman–Crippen LogP) is 4.77. The number of hydrogen-bond acceptors (Lipinski definition) is 7. The highest BCUT2D eigenvalue weighted by Crippen LogP contribution is 2.32. The highest BCUT2D eigenvalue weighted by Gasteiger charge is 2.35. The molecule has 52 heavy (non-hydrogen) atoms. The van der Waals surface area contributed by atoms with Gasteiger partial charge in [0.25, 0.3) is 11.5 Å². The van der Waals surface area contributed by atoms with Gasteiger partial charge in [-0.25, -0.2) is 28.1 Å². The van der Waals surface area contributed by atoms with Crippen LogP contribution in [0.15, 0.2) is 101 Å². The summed E-state index contributed by atoms with van der Waals surface area (Å²) >= 11 is 0. The van der Waals surface area contributed by atoms with Crippen molar-refractivity contribution in [3.8, 4) is 16.8 Å². The molecule has 3 N–H and O–H groups in total. The third-order valence-electron chi connectivity index (χ3n) is 9.68. The number of fused-ring (bicyclic) bond motifs is 2. The fraction of sp³-hybridized carbons (Fsp3) is 0.308. The first-order valence-electron chi connectivity index (χ1n) is 17.5. The fourth-order valence-electron chi connectivity index (χ4n) is 7.15. The number of alkyl halides is 1. The van der Waals surface area contributed by atoms with Crippen molar-refractivity contribution >= 4 is 22.6 Å². The summed E-state index contributed by atoms with van der Waals surface area (Å²) in [6.45, 7) is 1.42. The SMILES string of the molecule is O=C(NC1CCC(n2c(=O)c3cc(F)cnc3n(-c3cccc(-c4ccccc4)c3CCCNCCCO)c2=O)CC1F)c1cn2ccccc2n1. The van der Waals surface area contributed by atoms with Gasteiger partial charge in [0, 0.05) is 31.5 Å². The van der Waals surface area contributed by atoms with Crippen LogP contribution in [0.2, 0.25) is 0 Å². The van der Waals surface area contributed by atoms with Gasteiger partial charge in [-0.1, -0.05) is 48.5 Å². The Morgan fingerprint density at radius 3 is 2.58 bits per heavy atom. The minimum absolute atomic E-state index is 0.00499. The second-order valence-electron chi connectivity index (χ2n) is 13.1. The van der Waals surface area contributed by atoms with Crippen LogP contribution in [0.4, 0.5) is 8.78 Å². The first-order valence-corrected chi connectivity index (χ1v) is 17.5. The Balaban J connectivity index is 1.25. The van der Waals surface area contributed by atoms with E-state index in [1.165, 1.54) is 4.57 Å². The van der Waals surface area contributed by atoms with Crippen molar-refractivity contribution in [2.75, 3.05) is 19.7 Å². The molecule has 0 aliphatic heterocycles. The molecule has 0 saturated heterocycles. The molecule has 0 radical (unpaired) electrons. The molecule has 1 aliphatic carbocycles. The van der Waals surface area contributed by atoms with Crippen LogP contribution in [0.5, 0.6) is 0 Å². The first kappa shape index (κ1) is 34.9. The van der Waals surface area contributed by atoms with Crippen molar-refractivity contribution in [3.63, 3.8) is 0 Å². The Labute approximate surface area is 297 Å². The molecule has 1 fully saturated rings. The smallest absolute Gasteiger partial charge is 0.337 e. The minimum Gasteiger partial charge on any atom is -0.396 e. The van der Waals surface area contributed by atoms with E-state index >= 15 is 4.39 Å². The number of aliphatic hydroxyl groups is 1. The summed E-state index contributed by atoms with van der Waals surface area (Å²) in [7, 11) is 0. The third kappa shape index (κ3) is 7.01. The van der Waals surface area contributed by atoms with Crippen molar-refractivity contribution < 1.29 is 18.7 Å². The lowest BCUT2D eigenvalue weighted by molar-refractivity contribution is 0.0850. The van der Waals surface area contributed by atoms with E-state index in [9.17, 15) is 18.8 Å². The van der Waals surface area contributed by atoms with Crippen LogP contribution in [-0.2, 0) is 6.42 Å². The minimum atomic E-state index is -1.57. The van der Waals surface area contributed by atoms with Crippen molar-refractivity contribution in [1.29, 1.82) is 0 Å². The number of aromatic nitrogens is 5. The van der Waals surface area contributed by atoms with Crippen LogP contribution in [0, 0.1) is 5.82 Å². The molecule has 3 atom stereocenters. The van der Waals surface area contributed by atoms with E-state index in [1.807, 2.05) is 48.5 Å². The molecule has 1 amide bonds. The van der Waals surface area contributed by atoms with Gasteiger partial charge in [0.05, 0.1) is 23.3 Å². The summed E-state index contributed by atoms with van der Waals surface area (Å²) in [4.78, 5) is 50.3. The quantitative estimate of drug-likeness (QED) is 0.156.